The first-order valence-corrected chi connectivity index (χ1v) is 8.14. The fourth-order valence-corrected chi connectivity index (χ4v) is 4.19. The number of rotatable bonds is 6. The highest BCUT2D eigenvalue weighted by molar-refractivity contribution is 6.31. The van der Waals surface area contributed by atoms with Crippen LogP contribution in [-0.4, -0.2) is 13.1 Å². The quantitative estimate of drug-likeness (QED) is 0.765. The topological polar surface area (TPSA) is 12.0 Å². The van der Waals surface area contributed by atoms with Crippen molar-refractivity contribution in [1.82, 2.24) is 5.32 Å². The average Bonchev–Trinajstić information content (AvgIpc) is 3.02. The van der Waals surface area contributed by atoms with E-state index in [0.717, 1.165) is 36.9 Å². The molecule has 20 heavy (non-hydrogen) atoms. The molecule has 0 spiro atoms. The molecule has 110 valence electrons. The van der Waals surface area contributed by atoms with Gasteiger partial charge in [0.25, 0.3) is 0 Å². The van der Waals surface area contributed by atoms with Crippen LogP contribution < -0.4 is 5.32 Å². The van der Waals surface area contributed by atoms with Crippen molar-refractivity contribution in [3.63, 3.8) is 0 Å². The Kier molecular flexibility index (Phi) is 4.05. The van der Waals surface area contributed by atoms with E-state index in [1.54, 1.807) is 0 Å². The predicted octanol–water partition coefficient (Wildman–Crippen LogP) is 4.44. The molecule has 0 aromatic heterocycles. The normalized spacial score (nSPS) is 31.4. The third kappa shape index (κ3) is 3.01. The minimum atomic E-state index is -0.244. The Balaban J connectivity index is 1.72. The standard InChI is InChI=1S/C17H23ClFN/c1-2-5-20-11-17(9-13-6-14(13)10-17)8-12-3-4-15(19)7-16(12)18/h3-4,7,13-14,20H,2,5-6,8-11H2,1H3. The molecule has 1 aromatic carbocycles. The van der Waals surface area contributed by atoms with Crippen LogP contribution in [0.5, 0.6) is 0 Å². The monoisotopic (exact) mass is 295 g/mol. The van der Waals surface area contributed by atoms with Gasteiger partial charge in [0.05, 0.1) is 0 Å². The molecule has 0 bridgehead atoms. The van der Waals surface area contributed by atoms with Gasteiger partial charge in [-0.25, -0.2) is 4.39 Å². The summed E-state index contributed by atoms with van der Waals surface area (Å²) < 4.78 is 13.2. The van der Waals surface area contributed by atoms with Crippen molar-refractivity contribution in [2.45, 2.75) is 39.0 Å². The molecule has 2 fully saturated rings. The van der Waals surface area contributed by atoms with Crippen molar-refractivity contribution in [2.24, 2.45) is 17.3 Å². The van der Waals surface area contributed by atoms with Crippen LogP contribution in [0.2, 0.25) is 5.02 Å². The van der Waals surface area contributed by atoms with E-state index in [0.29, 0.717) is 10.4 Å². The summed E-state index contributed by atoms with van der Waals surface area (Å²) >= 11 is 6.22. The van der Waals surface area contributed by atoms with Gasteiger partial charge in [0.15, 0.2) is 0 Å². The van der Waals surface area contributed by atoms with E-state index in [9.17, 15) is 4.39 Å². The Morgan fingerprint density at radius 2 is 2.10 bits per heavy atom. The van der Waals surface area contributed by atoms with E-state index in [2.05, 4.69) is 12.2 Å². The third-order valence-electron chi connectivity index (χ3n) is 4.97. The van der Waals surface area contributed by atoms with E-state index < -0.39 is 0 Å². The first-order valence-electron chi connectivity index (χ1n) is 7.76. The van der Waals surface area contributed by atoms with E-state index in [4.69, 9.17) is 11.6 Å². The van der Waals surface area contributed by atoms with E-state index in [1.807, 2.05) is 6.07 Å². The Morgan fingerprint density at radius 3 is 2.75 bits per heavy atom. The van der Waals surface area contributed by atoms with Crippen molar-refractivity contribution >= 4 is 11.6 Å². The Hall–Kier alpha value is -0.600. The Bertz CT molecular complexity index is 478. The second-order valence-corrected chi connectivity index (χ2v) is 7.16. The molecule has 2 aliphatic carbocycles. The average molecular weight is 296 g/mol. The van der Waals surface area contributed by atoms with Gasteiger partial charge in [0, 0.05) is 11.6 Å². The molecule has 3 rings (SSSR count). The summed E-state index contributed by atoms with van der Waals surface area (Å²) in [6.45, 7) is 4.35. The van der Waals surface area contributed by atoms with Crippen LogP contribution >= 0.6 is 11.6 Å². The zero-order valence-electron chi connectivity index (χ0n) is 12.1. The highest BCUT2D eigenvalue weighted by Crippen LogP contribution is 2.60. The molecule has 0 radical (unpaired) electrons. The highest BCUT2D eigenvalue weighted by Gasteiger charge is 2.53. The third-order valence-corrected chi connectivity index (χ3v) is 5.32. The number of nitrogens with one attached hydrogen (secondary N) is 1. The highest BCUT2D eigenvalue weighted by atomic mass is 35.5. The van der Waals surface area contributed by atoms with Crippen molar-refractivity contribution in [2.75, 3.05) is 13.1 Å². The Morgan fingerprint density at radius 1 is 1.35 bits per heavy atom. The van der Waals surface area contributed by atoms with Crippen molar-refractivity contribution in [3.05, 3.63) is 34.6 Å². The maximum atomic E-state index is 13.2. The fraction of sp³-hybridized carbons (Fsp3) is 0.647. The molecule has 1 aromatic rings. The zero-order valence-corrected chi connectivity index (χ0v) is 12.8. The van der Waals surface area contributed by atoms with E-state index in [1.165, 1.54) is 37.8 Å². The summed E-state index contributed by atoms with van der Waals surface area (Å²) in [4.78, 5) is 0. The summed E-state index contributed by atoms with van der Waals surface area (Å²) in [6, 6.07) is 4.84. The summed E-state index contributed by atoms with van der Waals surface area (Å²) in [5.74, 6) is 1.64. The molecule has 2 unspecified atom stereocenters. The lowest BCUT2D eigenvalue weighted by Gasteiger charge is -2.32. The number of fused-ring (bicyclic) bond motifs is 1. The number of benzene rings is 1. The molecule has 0 aliphatic heterocycles. The first kappa shape index (κ1) is 14.3. The molecule has 2 atom stereocenters. The molecule has 0 saturated heterocycles. The number of hydrogen-bond donors (Lipinski definition) is 1. The van der Waals surface area contributed by atoms with Crippen LogP contribution in [0.3, 0.4) is 0 Å². The van der Waals surface area contributed by atoms with Crippen LogP contribution in [0.1, 0.15) is 38.2 Å². The maximum Gasteiger partial charge on any atom is 0.124 e. The van der Waals surface area contributed by atoms with Gasteiger partial charge >= 0.3 is 0 Å². The van der Waals surface area contributed by atoms with Gasteiger partial charge in [-0.3, -0.25) is 0 Å². The van der Waals surface area contributed by atoms with Crippen molar-refractivity contribution in [3.8, 4) is 0 Å². The molecule has 1 nitrogen and oxygen atoms in total. The van der Waals surface area contributed by atoms with Crippen LogP contribution in [-0.2, 0) is 6.42 Å². The lowest BCUT2D eigenvalue weighted by atomic mass is 9.77. The molecular formula is C17H23ClFN. The van der Waals surface area contributed by atoms with E-state index in [-0.39, 0.29) is 5.82 Å². The molecule has 3 heteroatoms. The molecule has 1 N–H and O–H groups in total. The smallest absolute Gasteiger partial charge is 0.124 e. The zero-order chi connectivity index (χ0) is 14.2. The molecule has 0 amide bonds. The molecule has 2 saturated carbocycles. The Labute approximate surface area is 125 Å². The minimum Gasteiger partial charge on any atom is -0.316 e. The second kappa shape index (κ2) is 5.65. The van der Waals surface area contributed by atoms with Crippen molar-refractivity contribution < 1.29 is 4.39 Å². The van der Waals surface area contributed by atoms with Gasteiger partial charge in [-0.15, -0.1) is 0 Å². The predicted molar refractivity (Wildman–Crippen MR) is 81.5 cm³/mol. The van der Waals surface area contributed by atoms with Gasteiger partial charge in [-0.1, -0.05) is 24.6 Å². The van der Waals surface area contributed by atoms with Crippen molar-refractivity contribution in [1.29, 1.82) is 0 Å². The van der Waals surface area contributed by atoms with Crippen LogP contribution in [0.4, 0.5) is 4.39 Å². The van der Waals surface area contributed by atoms with Crippen LogP contribution in [0.15, 0.2) is 18.2 Å². The lowest BCUT2D eigenvalue weighted by molar-refractivity contribution is 0.249. The first-order chi connectivity index (χ1) is 9.62. The van der Waals surface area contributed by atoms with Gasteiger partial charge in [0.1, 0.15) is 5.82 Å². The number of halogens is 2. The number of hydrogen-bond acceptors (Lipinski definition) is 1. The largest absolute Gasteiger partial charge is 0.316 e. The lowest BCUT2D eigenvalue weighted by Crippen LogP contribution is -2.35. The van der Waals surface area contributed by atoms with Gasteiger partial charge in [0.2, 0.25) is 0 Å². The molecule has 2 aliphatic rings. The summed E-state index contributed by atoms with van der Waals surface area (Å²) in [7, 11) is 0. The fourth-order valence-electron chi connectivity index (χ4n) is 3.96. The summed E-state index contributed by atoms with van der Waals surface area (Å²) in [5.41, 5.74) is 1.44. The summed E-state index contributed by atoms with van der Waals surface area (Å²) in [5, 5.41) is 4.18. The second-order valence-electron chi connectivity index (χ2n) is 6.75. The maximum absolute atomic E-state index is 13.2. The van der Waals surface area contributed by atoms with E-state index >= 15 is 0 Å². The molecular weight excluding hydrogens is 273 g/mol. The molecule has 0 heterocycles. The van der Waals surface area contributed by atoms with Gasteiger partial charge in [-0.2, -0.15) is 0 Å². The van der Waals surface area contributed by atoms with Gasteiger partial charge in [-0.05, 0) is 73.6 Å². The summed E-state index contributed by atoms with van der Waals surface area (Å²) in [6.07, 6.45) is 6.19. The van der Waals surface area contributed by atoms with Crippen LogP contribution in [0.25, 0.3) is 0 Å². The van der Waals surface area contributed by atoms with Crippen LogP contribution in [0, 0.1) is 23.1 Å². The SMILES string of the molecule is CCCNCC1(Cc2ccc(F)cc2Cl)CC2CC2C1. The minimum absolute atomic E-state index is 0.244. The van der Waals surface area contributed by atoms with Gasteiger partial charge < -0.3 is 5.32 Å².